The number of benzene rings is 2. The number of aryl methyl sites for hydroxylation is 1. The van der Waals surface area contributed by atoms with Gasteiger partial charge < -0.3 is 10.0 Å². The average Bonchev–Trinajstić information content (AvgIpc) is 2.55. The third kappa shape index (κ3) is 4.40. The van der Waals surface area contributed by atoms with Crippen LogP contribution in [0.1, 0.15) is 31.8 Å². The number of carboxylic acid groups (broad SMARTS) is 1. The van der Waals surface area contributed by atoms with Crippen LogP contribution in [0, 0.1) is 13.8 Å². The van der Waals surface area contributed by atoms with E-state index in [1.807, 2.05) is 0 Å². The molecule has 0 bridgehead atoms. The second kappa shape index (κ2) is 7.58. The van der Waals surface area contributed by atoms with Gasteiger partial charge in [0.15, 0.2) is 0 Å². The van der Waals surface area contributed by atoms with Crippen LogP contribution in [0.15, 0.2) is 35.2 Å². The number of hydrogen-bond acceptors (Lipinski definition) is 4. The van der Waals surface area contributed by atoms with Crippen molar-refractivity contribution in [3.63, 3.8) is 0 Å². The van der Waals surface area contributed by atoms with Crippen molar-refractivity contribution in [2.75, 3.05) is 18.8 Å². The first-order chi connectivity index (χ1) is 12.4. The van der Waals surface area contributed by atoms with Crippen LogP contribution in [0.4, 0.5) is 5.69 Å². The highest BCUT2D eigenvalue weighted by molar-refractivity contribution is 7.92. The highest BCUT2D eigenvalue weighted by Crippen LogP contribution is 2.27. The van der Waals surface area contributed by atoms with Gasteiger partial charge in [-0.05, 0) is 55.3 Å². The normalized spacial score (nSPS) is 11.1. The second-order valence-corrected chi connectivity index (χ2v) is 8.30. The molecule has 0 aliphatic rings. The van der Waals surface area contributed by atoms with Crippen LogP contribution in [0.2, 0.25) is 5.02 Å². The van der Waals surface area contributed by atoms with E-state index in [9.17, 15) is 23.1 Å². The van der Waals surface area contributed by atoms with Crippen LogP contribution < -0.4 is 4.72 Å². The summed E-state index contributed by atoms with van der Waals surface area (Å²) in [5, 5.41) is 9.46. The zero-order valence-corrected chi connectivity index (χ0v) is 16.8. The van der Waals surface area contributed by atoms with Crippen molar-refractivity contribution in [1.29, 1.82) is 0 Å². The fourth-order valence-corrected chi connectivity index (χ4v) is 4.04. The van der Waals surface area contributed by atoms with Gasteiger partial charge in [-0.25, -0.2) is 13.2 Å². The maximum Gasteiger partial charge on any atom is 0.335 e. The Balaban J connectivity index is 2.60. The van der Waals surface area contributed by atoms with Crippen LogP contribution in [0.5, 0.6) is 0 Å². The lowest BCUT2D eigenvalue weighted by Gasteiger charge is -2.17. The minimum Gasteiger partial charge on any atom is -0.478 e. The minimum absolute atomic E-state index is 0.0129. The molecule has 0 fully saturated rings. The van der Waals surface area contributed by atoms with Crippen molar-refractivity contribution in [2.24, 2.45) is 0 Å². The van der Waals surface area contributed by atoms with E-state index in [4.69, 9.17) is 11.6 Å². The SMILES string of the molecule is Cc1cc(C(=O)O)cc(S(=O)(=O)Nc2cc(Cl)ccc2C(=O)N(C)C)c1C. The molecule has 1 amide bonds. The Morgan fingerprint density at radius 2 is 1.74 bits per heavy atom. The summed E-state index contributed by atoms with van der Waals surface area (Å²) in [5.74, 6) is -1.64. The molecular weight excluding hydrogens is 392 g/mol. The number of carboxylic acids is 1. The monoisotopic (exact) mass is 410 g/mol. The molecule has 0 atom stereocenters. The molecule has 2 aromatic carbocycles. The molecule has 0 unspecified atom stereocenters. The number of amides is 1. The van der Waals surface area contributed by atoms with E-state index in [1.165, 1.54) is 29.2 Å². The summed E-state index contributed by atoms with van der Waals surface area (Å²) in [6.07, 6.45) is 0. The van der Waals surface area contributed by atoms with E-state index in [0.29, 0.717) is 11.1 Å². The molecule has 2 aromatic rings. The molecular formula is C18H19ClN2O5S. The first-order valence-corrected chi connectivity index (χ1v) is 9.68. The Hall–Kier alpha value is -2.58. The van der Waals surface area contributed by atoms with E-state index in [-0.39, 0.29) is 26.7 Å². The van der Waals surface area contributed by atoms with Crippen molar-refractivity contribution in [3.05, 3.63) is 57.6 Å². The Bertz CT molecular complexity index is 1030. The first-order valence-electron chi connectivity index (χ1n) is 7.82. The molecule has 0 saturated carbocycles. The van der Waals surface area contributed by atoms with Crippen molar-refractivity contribution in [1.82, 2.24) is 4.90 Å². The lowest BCUT2D eigenvalue weighted by molar-refractivity contribution is 0.0696. The highest BCUT2D eigenvalue weighted by Gasteiger charge is 2.24. The second-order valence-electron chi connectivity index (χ2n) is 6.22. The Morgan fingerprint density at radius 1 is 1.11 bits per heavy atom. The van der Waals surface area contributed by atoms with E-state index < -0.39 is 21.9 Å². The van der Waals surface area contributed by atoms with Crippen molar-refractivity contribution >= 4 is 39.2 Å². The molecule has 0 radical (unpaired) electrons. The standard InChI is InChI=1S/C18H19ClN2O5S/c1-10-7-12(18(23)24)8-16(11(10)2)27(25,26)20-15-9-13(19)5-6-14(15)17(22)21(3)4/h5-9,20H,1-4H3,(H,23,24). The predicted molar refractivity (Wildman–Crippen MR) is 103 cm³/mol. The summed E-state index contributed by atoms with van der Waals surface area (Å²) >= 11 is 5.96. The van der Waals surface area contributed by atoms with Crippen LogP contribution in [0.3, 0.4) is 0 Å². The topological polar surface area (TPSA) is 104 Å². The summed E-state index contributed by atoms with van der Waals surface area (Å²) in [6, 6.07) is 6.73. The van der Waals surface area contributed by atoms with Gasteiger partial charge >= 0.3 is 5.97 Å². The van der Waals surface area contributed by atoms with Crippen LogP contribution in [-0.2, 0) is 10.0 Å². The zero-order valence-electron chi connectivity index (χ0n) is 15.2. The fraction of sp³-hybridized carbons (Fsp3) is 0.222. The smallest absolute Gasteiger partial charge is 0.335 e. The van der Waals surface area contributed by atoms with Gasteiger partial charge in [-0.1, -0.05) is 11.6 Å². The number of carbonyl (C=O) groups is 2. The molecule has 0 aromatic heterocycles. The van der Waals surface area contributed by atoms with Gasteiger partial charge in [0.1, 0.15) is 0 Å². The van der Waals surface area contributed by atoms with Crippen LogP contribution in [-0.4, -0.2) is 44.4 Å². The number of nitrogens with zero attached hydrogens (tertiary/aromatic N) is 1. The molecule has 0 aliphatic heterocycles. The Labute approximate surface area is 162 Å². The lowest BCUT2D eigenvalue weighted by Crippen LogP contribution is -2.24. The van der Waals surface area contributed by atoms with E-state index in [0.717, 1.165) is 6.07 Å². The number of nitrogens with one attached hydrogen (secondary N) is 1. The minimum atomic E-state index is -4.16. The number of sulfonamides is 1. The van der Waals surface area contributed by atoms with Gasteiger partial charge in [0, 0.05) is 19.1 Å². The summed E-state index contributed by atoms with van der Waals surface area (Å²) in [7, 11) is -1.08. The number of carbonyl (C=O) groups excluding carboxylic acids is 1. The van der Waals surface area contributed by atoms with Crippen LogP contribution in [0.25, 0.3) is 0 Å². The molecule has 0 heterocycles. The zero-order chi connectivity index (χ0) is 20.5. The highest BCUT2D eigenvalue weighted by atomic mass is 35.5. The molecule has 0 saturated heterocycles. The summed E-state index contributed by atoms with van der Waals surface area (Å²) in [5.41, 5.74) is 0.922. The summed E-state index contributed by atoms with van der Waals surface area (Å²) < 4.78 is 28.2. The maximum absolute atomic E-state index is 12.9. The van der Waals surface area contributed by atoms with E-state index in [2.05, 4.69) is 4.72 Å². The number of aromatic carboxylic acids is 1. The van der Waals surface area contributed by atoms with Crippen LogP contribution >= 0.6 is 11.6 Å². The van der Waals surface area contributed by atoms with Gasteiger partial charge in [-0.3, -0.25) is 9.52 Å². The molecule has 7 nitrogen and oxygen atoms in total. The lowest BCUT2D eigenvalue weighted by atomic mass is 10.1. The molecule has 0 aliphatic carbocycles. The quantitative estimate of drug-likeness (QED) is 0.787. The number of rotatable bonds is 5. The van der Waals surface area contributed by atoms with Gasteiger partial charge in [-0.15, -0.1) is 0 Å². The molecule has 2 N–H and O–H groups in total. The Morgan fingerprint density at radius 3 is 2.30 bits per heavy atom. The summed E-state index contributed by atoms with van der Waals surface area (Å²) in [6.45, 7) is 3.21. The largest absolute Gasteiger partial charge is 0.478 e. The fourth-order valence-electron chi connectivity index (χ4n) is 2.46. The molecule has 27 heavy (non-hydrogen) atoms. The van der Waals surface area contributed by atoms with Crippen molar-refractivity contribution in [3.8, 4) is 0 Å². The van der Waals surface area contributed by atoms with Gasteiger partial charge in [0.25, 0.3) is 15.9 Å². The molecule has 9 heteroatoms. The third-order valence-corrected chi connectivity index (χ3v) is 5.75. The number of hydrogen-bond donors (Lipinski definition) is 2. The van der Waals surface area contributed by atoms with E-state index in [1.54, 1.807) is 27.9 Å². The van der Waals surface area contributed by atoms with Crippen molar-refractivity contribution < 1.29 is 23.1 Å². The average molecular weight is 411 g/mol. The molecule has 144 valence electrons. The molecule has 0 spiro atoms. The maximum atomic E-state index is 12.9. The molecule has 2 rings (SSSR count). The predicted octanol–water partition coefficient (Wildman–Crippen LogP) is 3.16. The van der Waals surface area contributed by atoms with Gasteiger partial charge in [0.2, 0.25) is 0 Å². The van der Waals surface area contributed by atoms with Crippen molar-refractivity contribution in [2.45, 2.75) is 18.7 Å². The summed E-state index contributed by atoms with van der Waals surface area (Å²) in [4.78, 5) is 24.7. The Kier molecular flexibility index (Phi) is 5.82. The number of anilines is 1. The van der Waals surface area contributed by atoms with Gasteiger partial charge in [0.05, 0.1) is 21.7 Å². The first kappa shape index (κ1) is 20.7. The van der Waals surface area contributed by atoms with Gasteiger partial charge in [-0.2, -0.15) is 0 Å². The third-order valence-electron chi connectivity index (χ3n) is 4.02. The number of halogens is 1. The van der Waals surface area contributed by atoms with E-state index >= 15 is 0 Å².